The van der Waals surface area contributed by atoms with Gasteiger partial charge in [0.2, 0.25) is 0 Å². The Morgan fingerprint density at radius 1 is 0.735 bits per heavy atom. The average Bonchev–Trinajstić information content (AvgIpc) is 2.71. The van der Waals surface area contributed by atoms with Crippen molar-refractivity contribution >= 4 is 17.8 Å². The second-order valence-corrected chi connectivity index (χ2v) is 10.8. The van der Waals surface area contributed by atoms with E-state index in [2.05, 4.69) is 20.8 Å². The minimum Gasteiger partial charge on any atom is -0.476 e. The van der Waals surface area contributed by atoms with Crippen LogP contribution in [0.3, 0.4) is 0 Å². The summed E-state index contributed by atoms with van der Waals surface area (Å²) in [5.41, 5.74) is 7.39. The van der Waals surface area contributed by atoms with Crippen molar-refractivity contribution in [2.45, 2.75) is 94.3 Å². The number of allylic oxidation sites excluding steroid dienone is 1. The lowest BCUT2D eigenvalue weighted by atomic mass is 9.87. The summed E-state index contributed by atoms with van der Waals surface area (Å²) in [6.45, 7) is 23.1. The van der Waals surface area contributed by atoms with Crippen molar-refractivity contribution in [2.75, 3.05) is 0 Å². The molecule has 0 saturated carbocycles. The number of hydrogen-bond acceptors (Lipinski definition) is 4. The number of carbonyl (C=O) groups is 2. The number of ether oxygens (including phenoxy) is 2. The maximum absolute atomic E-state index is 13.1. The predicted molar refractivity (Wildman–Crippen MR) is 140 cm³/mol. The summed E-state index contributed by atoms with van der Waals surface area (Å²) >= 11 is 0. The highest BCUT2D eigenvalue weighted by Gasteiger charge is 2.35. The van der Waals surface area contributed by atoms with Crippen LogP contribution in [0.4, 0.5) is 0 Å². The zero-order valence-corrected chi connectivity index (χ0v) is 22.9. The van der Waals surface area contributed by atoms with Crippen molar-refractivity contribution in [1.29, 1.82) is 0 Å². The van der Waals surface area contributed by atoms with E-state index in [1.165, 1.54) is 16.7 Å². The molecule has 2 aromatic rings. The molecule has 0 atom stereocenters. The van der Waals surface area contributed by atoms with Gasteiger partial charge >= 0.3 is 5.97 Å². The number of hydrogen-bond donors (Lipinski definition) is 0. The van der Waals surface area contributed by atoms with Crippen molar-refractivity contribution in [2.24, 2.45) is 0 Å². The van der Waals surface area contributed by atoms with E-state index >= 15 is 0 Å². The van der Waals surface area contributed by atoms with Crippen molar-refractivity contribution in [1.82, 2.24) is 0 Å². The largest absolute Gasteiger partial charge is 0.476 e. The molecule has 2 aromatic carbocycles. The lowest BCUT2D eigenvalue weighted by Crippen LogP contribution is -2.43. The van der Waals surface area contributed by atoms with Gasteiger partial charge in [-0.25, -0.2) is 4.79 Å². The van der Waals surface area contributed by atoms with Gasteiger partial charge in [0, 0.05) is 5.56 Å². The van der Waals surface area contributed by atoms with E-state index in [4.69, 9.17) is 9.47 Å². The number of carbonyl (C=O) groups excluding carboxylic acids is 2. The topological polar surface area (TPSA) is 52.6 Å². The standard InChI is InChI=1S/C30H40O4/c1-17-15-24(13-14-25(31)26-22(6)20(4)19(3)21(5)23(26)7)16-18(2)27(17)33-30(11,12)28(32)34-29(8,9)10/h13-16H,1-12H3. The molecule has 4 heteroatoms. The van der Waals surface area contributed by atoms with E-state index in [9.17, 15) is 9.59 Å². The normalized spacial score (nSPS) is 12.2. The van der Waals surface area contributed by atoms with Crippen molar-refractivity contribution < 1.29 is 19.1 Å². The van der Waals surface area contributed by atoms with Gasteiger partial charge in [0.25, 0.3) is 0 Å². The minimum atomic E-state index is -1.13. The number of esters is 1. The Kier molecular flexibility index (Phi) is 7.87. The zero-order valence-electron chi connectivity index (χ0n) is 22.9. The van der Waals surface area contributed by atoms with Crippen LogP contribution in [0.1, 0.15) is 89.5 Å². The molecule has 0 aliphatic rings. The van der Waals surface area contributed by atoms with Crippen LogP contribution in [0.5, 0.6) is 5.75 Å². The molecule has 0 aromatic heterocycles. The Hall–Kier alpha value is -2.88. The fourth-order valence-corrected chi connectivity index (χ4v) is 4.06. The number of aryl methyl sites for hydroxylation is 2. The van der Waals surface area contributed by atoms with E-state index in [0.717, 1.165) is 33.4 Å². The first-order valence-electron chi connectivity index (χ1n) is 11.8. The van der Waals surface area contributed by atoms with E-state index < -0.39 is 17.2 Å². The molecule has 0 fully saturated rings. The molecular formula is C30H40O4. The van der Waals surface area contributed by atoms with Crippen LogP contribution in [0.25, 0.3) is 6.08 Å². The second-order valence-electron chi connectivity index (χ2n) is 10.8. The molecule has 0 N–H and O–H groups in total. The average molecular weight is 465 g/mol. The van der Waals surface area contributed by atoms with Crippen molar-refractivity contribution in [3.05, 3.63) is 68.3 Å². The summed E-state index contributed by atoms with van der Waals surface area (Å²) in [5.74, 6) is 0.237. The lowest BCUT2D eigenvalue weighted by molar-refractivity contribution is -0.171. The van der Waals surface area contributed by atoms with Gasteiger partial charge < -0.3 is 9.47 Å². The van der Waals surface area contributed by atoms with Crippen LogP contribution >= 0.6 is 0 Å². The van der Waals surface area contributed by atoms with Gasteiger partial charge in [-0.2, -0.15) is 0 Å². The van der Waals surface area contributed by atoms with Gasteiger partial charge in [-0.15, -0.1) is 0 Å². The summed E-state index contributed by atoms with van der Waals surface area (Å²) in [5, 5.41) is 0. The summed E-state index contributed by atoms with van der Waals surface area (Å²) in [4.78, 5) is 25.7. The van der Waals surface area contributed by atoms with Crippen LogP contribution in [-0.2, 0) is 9.53 Å². The molecular weight excluding hydrogens is 424 g/mol. The fraction of sp³-hybridized carbons (Fsp3) is 0.467. The third-order valence-electron chi connectivity index (χ3n) is 6.40. The molecule has 0 aliphatic heterocycles. The number of rotatable bonds is 6. The minimum absolute atomic E-state index is 0.00268. The first-order valence-corrected chi connectivity index (χ1v) is 11.8. The third kappa shape index (κ3) is 5.97. The Balaban J connectivity index is 2.33. The molecule has 0 aliphatic carbocycles. The third-order valence-corrected chi connectivity index (χ3v) is 6.40. The van der Waals surface area contributed by atoms with Crippen LogP contribution in [0.15, 0.2) is 18.2 Å². The molecule has 0 spiro atoms. The monoisotopic (exact) mass is 464 g/mol. The molecule has 0 bridgehead atoms. The van der Waals surface area contributed by atoms with Crippen LogP contribution in [-0.4, -0.2) is 23.0 Å². The van der Waals surface area contributed by atoms with Crippen molar-refractivity contribution in [3.8, 4) is 5.75 Å². The van der Waals surface area contributed by atoms with Gasteiger partial charge in [0.15, 0.2) is 11.4 Å². The summed E-state index contributed by atoms with van der Waals surface area (Å²) in [6, 6.07) is 3.92. The molecule has 34 heavy (non-hydrogen) atoms. The van der Waals surface area contributed by atoms with E-state index in [1.807, 2.05) is 66.7 Å². The fourth-order valence-electron chi connectivity index (χ4n) is 4.06. The van der Waals surface area contributed by atoms with Crippen LogP contribution in [0, 0.1) is 48.5 Å². The maximum Gasteiger partial charge on any atom is 0.350 e. The maximum atomic E-state index is 13.1. The van der Waals surface area contributed by atoms with Crippen LogP contribution in [0.2, 0.25) is 0 Å². The summed E-state index contributed by atoms with van der Waals surface area (Å²) < 4.78 is 11.6. The van der Waals surface area contributed by atoms with Gasteiger partial charge in [0.1, 0.15) is 11.4 Å². The Morgan fingerprint density at radius 2 is 1.18 bits per heavy atom. The van der Waals surface area contributed by atoms with E-state index in [1.54, 1.807) is 19.9 Å². The first kappa shape index (κ1) is 27.4. The number of benzene rings is 2. The highest BCUT2D eigenvalue weighted by atomic mass is 16.6. The SMILES string of the molecule is Cc1cc(C=CC(=O)c2c(C)c(C)c(C)c(C)c2C)cc(C)c1OC(C)(C)C(=O)OC(C)(C)C. The van der Waals surface area contributed by atoms with E-state index in [-0.39, 0.29) is 5.78 Å². The van der Waals surface area contributed by atoms with Gasteiger partial charge in [-0.3, -0.25) is 4.79 Å². The highest BCUT2D eigenvalue weighted by molar-refractivity contribution is 6.09. The molecule has 4 nitrogen and oxygen atoms in total. The number of ketones is 1. The predicted octanol–water partition coefficient (Wildman–Crippen LogP) is 7.24. The zero-order chi connectivity index (χ0) is 26.2. The molecule has 0 unspecified atom stereocenters. The van der Waals surface area contributed by atoms with Crippen molar-refractivity contribution in [3.63, 3.8) is 0 Å². The van der Waals surface area contributed by atoms with Gasteiger partial charge in [0.05, 0.1) is 0 Å². The molecule has 2 rings (SSSR count). The molecule has 0 heterocycles. The van der Waals surface area contributed by atoms with Crippen LogP contribution < -0.4 is 4.74 Å². The molecule has 0 saturated heterocycles. The summed E-state index contributed by atoms with van der Waals surface area (Å²) in [6.07, 6.45) is 3.48. The molecule has 184 valence electrons. The van der Waals surface area contributed by atoms with Gasteiger partial charge in [-0.05, 0) is 146 Å². The highest BCUT2D eigenvalue weighted by Crippen LogP contribution is 2.31. The quantitative estimate of drug-likeness (QED) is 0.257. The molecule has 0 radical (unpaired) electrons. The molecule has 0 amide bonds. The van der Waals surface area contributed by atoms with Gasteiger partial charge in [-0.1, -0.05) is 6.08 Å². The summed E-state index contributed by atoms with van der Waals surface area (Å²) in [7, 11) is 0. The first-order chi connectivity index (χ1) is 15.5. The lowest BCUT2D eigenvalue weighted by Gasteiger charge is -2.30. The smallest absolute Gasteiger partial charge is 0.350 e. The second kappa shape index (κ2) is 9.77. The Bertz CT molecular complexity index is 1110. The van der Waals surface area contributed by atoms with E-state index in [0.29, 0.717) is 5.75 Å². The Morgan fingerprint density at radius 3 is 1.62 bits per heavy atom. The Labute approximate surface area is 205 Å².